The first kappa shape index (κ1) is 14.9. The van der Waals surface area contributed by atoms with Gasteiger partial charge in [-0.2, -0.15) is 0 Å². The summed E-state index contributed by atoms with van der Waals surface area (Å²) in [6.45, 7) is 2.83. The van der Waals surface area contributed by atoms with E-state index < -0.39 is 0 Å². The van der Waals surface area contributed by atoms with E-state index in [4.69, 9.17) is 22.1 Å². The van der Waals surface area contributed by atoms with Gasteiger partial charge in [0.25, 0.3) is 0 Å². The van der Waals surface area contributed by atoms with Crippen molar-refractivity contribution in [2.24, 2.45) is 5.73 Å². The molecular weight excluding hydrogens is 270 g/mol. The van der Waals surface area contributed by atoms with Gasteiger partial charge in [-0.3, -0.25) is 0 Å². The van der Waals surface area contributed by atoms with Crippen molar-refractivity contribution in [1.29, 1.82) is 0 Å². The molecule has 0 aliphatic heterocycles. The molecule has 1 atom stereocenters. The summed E-state index contributed by atoms with van der Waals surface area (Å²) in [7, 11) is 0. The molecule has 20 heavy (non-hydrogen) atoms. The van der Waals surface area contributed by atoms with E-state index in [-0.39, 0.29) is 6.04 Å². The van der Waals surface area contributed by atoms with E-state index >= 15 is 0 Å². The molecule has 0 saturated heterocycles. The summed E-state index contributed by atoms with van der Waals surface area (Å²) >= 11 is 5.89. The first-order chi connectivity index (χ1) is 9.69. The Labute approximate surface area is 125 Å². The Balaban J connectivity index is 2.04. The highest BCUT2D eigenvalue weighted by Crippen LogP contribution is 2.21. The molecule has 0 radical (unpaired) electrons. The molecule has 2 nitrogen and oxygen atoms in total. The molecule has 0 amide bonds. The first-order valence-electron chi connectivity index (χ1n) is 6.92. The third-order valence-electron chi connectivity index (χ3n) is 3.13. The van der Waals surface area contributed by atoms with E-state index in [1.807, 2.05) is 48.5 Å². The van der Waals surface area contributed by atoms with Crippen LogP contribution in [0.3, 0.4) is 0 Å². The maximum absolute atomic E-state index is 6.27. The van der Waals surface area contributed by atoms with Gasteiger partial charge in [0.15, 0.2) is 0 Å². The normalized spacial score (nSPS) is 12.2. The lowest BCUT2D eigenvalue weighted by Crippen LogP contribution is -2.13. The van der Waals surface area contributed by atoms with Crippen molar-refractivity contribution in [3.8, 4) is 5.75 Å². The predicted octanol–water partition coefficient (Wildman–Crippen LogP) is 4.37. The molecule has 0 saturated carbocycles. The number of ether oxygens (including phenoxy) is 1. The second-order valence-corrected chi connectivity index (χ2v) is 5.29. The van der Waals surface area contributed by atoms with Crippen LogP contribution in [0.5, 0.6) is 5.75 Å². The minimum Gasteiger partial charge on any atom is -0.494 e. The standard InChI is InChI=1S/C17H20ClNO/c1-2-10-20-16-5-3-4-14(12-16)17(19)11-13-6-8-15(18)9-7-13/h3-9,12,17H,2,10-11,19H2,1H3. The summed E-state index contributed by atoms with van der Waals surface area (Å²) in [5.74, 6) is 0.885. The van der Waals surface area contributed by atoms with Crippen molar-refractivity contribution < 1.29 is 4.74 Å². The minimum atomic E-state index is -0.0404. The third kappa shape index (κ3) is 4.26. The summed E-state index contributed by atoms with van der Waals surface area (Å²) in [5.41, 5.74) is 8.55. The van der Waals surface area contributed by atoms with Gasteiger partial charge in [0.2, 0.25) is 0 Å². The van der Waals surface area contributed by atoms with E-state index in [0.29, 0.717) is 0 Å². The first-order valence-corrected chi connectivity index (χ1v) is 7.29. The zero-order valence-electron chi connectivity index (χ0n) is 11.7. The Kier molecular flexibility index (Phi) is 5.45. The van der Waals surface area contributed by atoms with E-state index in [1.165, 1.54) is 5.56 Å². The summed E-state index contributed by atoms with van der Waals surface area (Å²) in [4.78, 5) is 0. The Morgan fingerprint density at radius 1 is 1.15 bits per heavy atom. The molecule has 0 bridgehead atoms. The van der Waals surface area contributed by atoms with Crippen LogP contribution >= 0.6 is 11.6 Å². The van der Waals surface area contributed by atoms with Gasteiger partial charge in [-0.25, -0.2) is 0 Å². The lowest BCUT2D eigenvalue weighted by molar-refractivity contribution is 0.317. The summed E-state index contributed by atoms with van der Waals surface area (Å²) in [5, 5.41) is 0.747. The van der Waals surface area contributed by atoms with E-state index in [2.05, 4.69) is 6.92 Å². The highest BCUT2D eigenvalue weighted by molar-refractivity contribution is 6.30. The fraction of sp³-hybridized carbons (Fsp3) is 0.294. The molecule has 2 aromatic carbocycles. The maximum Gasteiger partial charge on any atom is 0.119 e. The molecular formula is C17H20ClNO. The monoisotopic (exact) mass is 289 g/mol. The highest BCUT2D eigenvalue weighted by atomic mass is 35.5. The number of benzene rings is 2. The van der Waals surface area contributed by atoms with Crippen LogP contribution in [0, 0.1) is 0 Å². The van der Waals surface area contributed by atoms with Crippen LogP contribution in [0.25, 0.3) is 0 Å². The van der Waals surface area contributed by atoms with Crippen LogP contribution in [-0.2, 0) is 6.42 Å². The fourth-order valence-corrected chi connectivity index (χ4v) is 2.17. The molecule has 0 fully saturated rings. The molecule has 0 heterocycles. The number of nitrogens with two attached hydrogens (primary N) is 1. The van der Waals surface area contributed by atoms with E-state index in [1.54, 1.807) is 0 Å². The molecule has 3 heteroatoms. The SMILES string of the molecule is CCCOc1cccc(C(N)Cc2ccc(Cl)cc2)c1. The van der Waals surface area contributed by atoms with Gasteiger partial charge < -0.3 is 10.5 Å². The van der Waals surface area contributed by atoms with E-state index in [9.17, 15) is 0 Å². The number of rotatable bonds is 6. The molecule has 0 aliphatic rings. The van der Waals surface area contributed by atoms with Gasteiger partial charge in [-0.15, -0.1) is 0 Å². The lowest BCUT2D eigenvalue weighted by Gasteiger charge is -2.14. The van der Waals surface area contributed by atoms with Crippen LogP contribution in [0.4, 0.5) is 0 Å². The Bertz CT molecular complexity index is 539. The Morgan fingerprint density at radius 2 is 1.90 bits per heavy atom. The molecule has 2 aromatic rings. The molecule has 0 aliphatic carbocycles. The van der Waals surface area contributed by atoms with Gasteiger partial charge in [0, 0.05) is 11.1 Å². The van der Waals surface area contributed by atoms with Crippen LogP contribution in [0.2, 0.25) is 5.02 Å². The predicted molar refractivity (Wildman–Crippen MR) is 84.3 cm³/mol. The Hall–Kier alpha value is -1.51. The topological polar surface area (TPSA) is 35.2 Å². The van der Waals surface area contributed by atoms with Gasteiger partial charge in [-0.05, 0) is 48.2 Å². The smallest absolute Gasteiger partial charge is 0.119 e. The molecule has 0 spiro atoms. The van der Waals surface area contributed by atoms with Crippen LogP contribution in [-0.4, -0.2) is 6.61 Å². The lowest BCUT2D eigenvalue weighted by atomic mass is 9.99. The number of hydrogen-bond acceptors (Lipinski definition) is 2. The van der Waals surface area contributed by atoms with Crippen molar-refractivity contribution >= 4 is 11.6 Å². The van der Waals surface area contributed by atoms with Crippen molar-refractivity contribution in [2.45, 2.75) is 25.8 Å². The molecule has 106 valence electrons. The largest absolute Gasteiger partial charge is 0.494 e. The van der Waals surface area contributed by atoms with Crippen molar-refractivity contribution in [1.82, 2.24) is 0 Å². The zero-order chi connectivity index (χ0) is 14.4. The van der Waals surface area contributed by atoms with Gasteiger partial charge >= 0.3 is 0 Å². The third-order valence-corrected chi connectivity index (χ3v) is 3.38. The fourth-order valence-electron chi connectivity index (χ4n) is 2.05. The molecule has 2 rings (SSSR count). The van der Waals surface area contributed by atoms with Gasteiger partial charge in [-0.1, -0.05) is 42.8 Å². The quantitative estimate of drug-likeness (QED) is 0.857. The van der Waals surface area contributed by atoms with Crippen LogP contribution < -0.4 is 10.5 Å². The average Bonchev–Trinajstić information content (AvgIpc) is 2.48. The minimum absolute atomic E-state index is 0.0404. The second kappa shape index (κ2) is 7.32. The van der Waals surface area contributed by atoms with Gasteiger partial charge in [0.05, 0.1) is 6.61 Å². The summed E-state index contributed by atoms with van der Waals surface area (Å²) < 4.78 is 5.64. The average molecular weight is 290 g/mol. The van der Waals surface area contributed by atoms with Crippen molar-refractivity contribution in [2.75, 3.05) is 6.61 Å². The van der Waals surface area contributed by atoms with Crippen LogP contribution in [0.15, 0.2) is 48.5 Å². The van der Waals surface area contributed by atoms with Crippen LogP contribution in [0.1, 0.15) is 30.5 Å². The second-order valence-electron chi connectivity index (χ2n) is 4.86. The number of halogens is 1. The maximum atomic E-state index is 6.27. The molecule has 2 N–H and O–H groups in total. The Morgan fingerprint density at radius 3 is 2.60 bits per heavy atom. The summed E-state index contributed by atoms with van der Waals surface area (Å²) in [6.07, 6.45) is 1.79. The van der Waals surface area contributed by atoms with Crippen molar-refractivity contribution in [3.05, 3.63) is 64.7 Å². The number of hydrogen-bond donors (Lipinski definition) is 1. The van der Waals surface area contributed by atoms with Gasteiger partial charge in [0.1, 0.15) is 5.75 Å². The molecule has 1 unspecified atom stereocenters. The zero-order valence-corrected chi connectivity index (χ0v) is 12.4. The van der Waals surface area contributed by atoms with Crippen molar-refractivity contribution in [3.63, 3.8) is 0 Å². The van der Waals surface area contributed by atoms with E-state index in [0.717, 1.165) is 35.8 Å². The molecule has 0 aromatic heterocycles. The highest BCUT2D eigenvalue weighted by Gasteiger charge is 2.08. The summed E-state index contributed by atoms with van der Waals surface area (Å²) in [6, 6.07) is 15.8.